The molecule has 0 aliphatic carbocycles. The van der Waals surface area contributed by atoms with Gasteiger partial charge in [-0.25, -0.2) is 13.2 Å². The largest absolute Gasteiger partial charge is 0.477 e. The zero-order valence-corrected chi connectivity index (χ0v) is 12.2. The number of sulfonamides is 1. The molecule has 108 valence electrons. The van der Waals surface area contributed by atoms with E-state index in [4.69, 9.17) is 5.11 Å². The molecule has 3 N–H and O–H groups in total. The van der Waals surface area contributed by atoms with Crippen molar-refractivity contribution < 1.29 is 18.3 Å². The summed E-state index contributed by atoms with van der Waals surface area (Å²) in [5.41, 5.74) is 0.814. The van der Waals surface area contributed by atoms with E-state index >= 15 is 0 Å². The Labute approximate surface area is 119 Å². The summed E-state index contributed by atoms with van der Waals surface area (Å²) in [6.45, 7) is 2.00. The lowest BCUT2D eigenvalue weighted by atomic mass is 10.2. The number of rotatable bonds is 6. The van der Waals surface area contributed by atoms with Crippen LogP contribution in [0, 0.1) is 0 Å². The summed E-state index contributed by atoms with van der Waals surface area (Å²) in [5, 5.41) is 16.9. The van der Waals surface area contributed by atoms with Gasteiger partial charge in [-0.1, -0.05) is 13.3 Å². The van der Waals surface area contributed by atoms with Gasteiger partial charge in [0.05, 0.1) is 0 Å². The van der Waals surface area contributed by atoms with E-state index in [0.29, 0.717) is 0 Å². The Bertz CT molecular complexity index is 718. The molecule has 0 aromatic carbocycles. The van der Waals surface area contributed by atoms with E-state index in [0.717, 1.165) is 29.9 Å². The molecule has 9 heteroatoms. The van der Waals surface area contributed by atoms with Crippen LogP contribution in [0.3, 0.4) is 0 Å². The lowest BCUT2D eigenvalue weighted by Crippen LogP contribution is -2.15. The maximum absolute atomic E-state index is 12.1. The third kappa shape index (κ3) is 2.99. The molecule has 0 atom stereocenters. The number of hydrogen-bond donors (Lipinski definition) is 3. The fraction of sp³-hybridized carbons (Fsp3) is 0.273. The van der Waals surface area contributed by atoms with Gasteiger partial charge in [-0.05, 0) is 17.9 Å². The maximum atomic E-state index is 12.1. The Hall–Kier alpha value is -1.87. The second-order valence-electron chi connectivity index (χ2n) is 4.05. The normalized spacial score (nSPS) is 11.4. The summed E-state index contributed by atoms with van der Waals surface area (Å²) >= 11 is 0.861. The number of carbonyl (C=O) groups is 1. The van der Waals surface area contributed by atoms with Crippen LogP contribution in [0.2, 0.25) is 0 Å². The molecule has 0 spiro atoms. The first-order valence-electron chi connectivity index (χ1n) is 5.82. The van der Waals surface area contributed by atoms with Crippen LogP contribution in [0.1, 0.15) is 28.7 Å². The number of aromatic carboxylic acids is 1. The standard InChI is InChI=1S/C11H13N3O4S2/c1-2-3-7-6-9(13-12-7)14-20(17,18)8-4-5-19-10(8)11(15)16/h4-6H,2-3H2,1H3,(H,15,16)(H2,12,13,14). The maximum Gasteiger partial charge on any atom is 0.347 e. The Morgan fingerprint density at radius 2 is 2.30 bits per heavy atom. The molecule has 0 saturated carbocycles. The summed E-state index contributed by atoms with van der Waals surface area (Å²) in [7, 11) is -3.95. The SMILES string of the molecule is CCCc1cc(NS(=O)(=O)c2ccsc2C(=O)O)n[nH]1. The number of nitrogens with one attached hydrogen (secondary N) is 2. The molecule has 2 aromatic rings. The zero-order valence-electron chi connectivity index (χ0n) is 10.6. The van der Waals surface area contributed by atoms with Crippen molar-refractivity contribution in [3.63, 3.8) is 0 Å². The van der Waals surface area contributed by atoms with Crippen LogP contribution in [0.5, 0.6) is 0 Å². The number of nitrogens with zero attached hydrogens (tertiary/aromatic N) is 1. The van der Waals surface area contributed by atoms with Crippen LogP contribution in [-0.2, 0) is 16.4 Å². The minimum Gasteiger partial charge on any atom is -0.477 e. The van der Waals surface area contributed by atoms with Crippen LogP contribution in [0.4, 0.5) is 5.82 Å². The van der Waals surface area contributed by atoms with Crippen LogP contribution >= 0.6 is 11.3 Å². The molecule has 0 amide bonds. The second-order valence-corrected chi connectivity index (χ2v) is 6.62. The Morgan fingerprint density at radius 1 is 1.55 bits per heavy atom. The monoisotopic (exact) mass is 315 g/mol. The first kappa shape index (κ1) is 14.5. The Kier molecular flexibility index (Phi) is 4.09. The van der Waals surface area contributed by atoms with E-state index in [1.807, 2.05) is 6.92 Å². The third-order valence-corrected chi connectivity index (χ3v) is 4.93. The average Bonchev–Trinajstić information content (AvgIpc) is 2.98. The summed E-state index contributed by atoms with van der Waals surface area (Å²) in [6.07, 6.45) is 1.66. The average molecular weight is 315 g/mol. The number of carboxylic acids is 1. The second kappa shape index (κ2) is 5.63. The van der Waals surface area contributed by atoms with Crippen LogP contribution in [0.25, 0.3) is 0 Å². The van der Waals surface area contributed by atoms with Gasteiger partial charge in [0.25, 0.3) is 10.0 Å². The summed E-state index contributed by atoms with van der Waals surface area (Å²) in [6, 6.07) is 2.85. The van der Waals surface area contributed by atoms with Crippen molar-refractivity contribution in [3.05, 3.63) is 28.1 Å². The number of carboxylic acid groups (broad SMARTS) is 1. The van der Waals surface area contributed by atoms with Crippen molar-refractivity contribution in [3.8, 4) is 0 Å². The lowest BCUT2D eigenvalue weighted by molar-refractivity contribution is 0.0698. The molecule has 20 heavy (non-hydrogen) atoms. The van der Waals surface area contributed by atoms with Gasteiger partial charge in [0.15, 0.2) is 5.82 Å². The molecule has 2 rings (SSSR count). The molecule has 0 unspecified atom stereocenters. The van der Waals surface area contributed by atoms with E-state index in [1.54, 1.807) is 6.07 Å². The highest BCUT2D eigenvalue weighted by Gasteiger charge is 2.24. The molecule has 0 fully saturated rings. The number of thiophene rings is 1. The molecular weight excluding hydrogens is 302 g/mol. The van der Waals surface area contributed by atoms with Crippen molar-refractivity contribution in [2.24, 2.45) is 0 Å². The molecule has 2 aromatic heterocycles. The summed E-state index contributed by atoms with van der Waals surface area (Å²) < 4.78 is 26.5. The minimum absolute atomic E-state index is 0.149. The van der Waals surface area contributed by atoms with E-state index < -0.39 is 16.0 Å². The van der Waals surface area contributed by atoms with Crippen molar-refractivity contribution in [1.82, 2.24) is 10.2 Å². The first-order chi connectivity index (χ1) is 9.44. The fourth-order valence-corrected chi connectivity index (χ4v) is 3.92. The Balaban J connectivity index is 2.26. The smallest absolute Gasteiger partial charge is 0.347 e. The molecule has 0 radical (unpaired) electrons. The van der Waals surface area contributed by atoms with Crippen molar-refractivity contribution >= 4 is 33.1 Å². The van der Waals surface area contributed by atoms with Gasteiger partial charge >= 0.3 is 5.97 Å². The number of aromatic nitrogens is 2. The molecule has 0 saturated heterocycles. The molecular formula is C11H13N3O4S2. The molecule has 0 aliphatic heterocycles. The van der Waals surface area contributed by atoms with Gasteiger partial charge in [-0.3, -0.25) is 9.82 Å². The summed E-state index contributed by atoms with van der Waals surface area (Å²) in [5.74, 6) is -1.12. The van der Waals surface area contributed by atoms with Crippen molar-refractivity contribution in [1.29, 1.82) is 0 Å². The van der Waals surface area contributed by atoms with Gasteiger partial charge in [-0.2, -0.15) is 5.10 Å². The molecule has 0 bridgehead atoms. The number of hydrogen-bond acceptors (Lipinski definition) is 5. The van der Waals surface area contributed by atoms with Crippen molar-refractivity contribution in [2.45, 2.75) is 24.7 Å². The first-order valence-corrected chi connectivity index (χ1v) is 8.18. The highest BCUT2D eigenvalue weighted by Crippen LogP contribution is 2.24. The van der Waals surface area contributed by atoms with Gasteiger partial charge in [-0.15, -0.1) is 11.3 Å². The van der Waals surface area contributed by atoms with Gasteiger partial charge in [0.2, 0.25) is 0 Å². The predicted molar refractivity (Wildman–Crippen MR) is 74.7 cm³/mol. The predicted octanol–water partition coefficient (Wildman–Crippen LogP) is 1.92. The number of aromatic amines is 1. The van der Waals surface area contributed by atoms with Crippen LogP contribution in [0.15, 0.2) is 22.4 Å². The number of H-pyrrole nitrogens is 1. The van der Waals surface area contributed by atoms with Gasteiger partial charge < -0.3 is 5.11 Å². The highest BCUT2D eigenvalue weighted by atomic mass is 32.2. The van der Waals surface area contributed by atoms with Gasteiger partial charge in [0.1, 0.15) is 9.77 Å². The van der Waals surface area contributed by atoms with E-state index in [2.05, 4.69) is 14.9 Å². The Morgan fingerprint density at radius 3 is 2.95 bits per heavy atom. The molecule has 7 nitrogen and oxygen atoms in total. The van der Waals surface area contributed by atoms with E-state index in [1.165, 1.54) is 11.4 Å². The third-order valence-electron chi connectivity index (χ3n) is 2.50. The van der Waals surface area contributed by atoms with E-state index in [9.17, 15) is 13.2 Å². The van der Waals surface area contributed by atoms with Crippen molar-refractivity contribution in [2.75, 3.05) is 4.72 Å². The lowest BCUT2D eigenvalue weighted by Gasteiger charge is -2.04. The minimum atomic E-state index is -3.95. The topological polar surface area (TPSA) is 112 Å². The quantitative estimate of drug-likeness (QED) is 0.754. The highest BCUT2D eigenvalue weighted by molar-refractivity contribution is 7.93. The molecule has 2 heterocycles. The number of anilines is 1. The van der Waals surface area contributed by atoms with Crippen LogP contribution < -0.4 is 4.72 Å². The zero-order chi connectivity index (χ0) is 14.8. The van der Waals surface area contributed by atoms with Crippen LogP contribution in [-0.4, -0.2) is 29.7 Å². The summed E-state index contributed by atoms with van der Waals surface area (Å²) in [4.78, 5) is 10.5. The van der Waals surface area contributed by atoms with Gasteiger partial charge in [0, 0.05) is 11.8 Å². The van der Waals surface area contributed by atoms with E-state index in [-0.39, 0.29) is 15.6 Å². The number of aryl methyl sites for hydroxylation is 1. The fourth-order valence-electron chi connectivity index (χ4n) is 1.67. The molecule has 0 aliphatic rings.